The Morgan fingerprint density at radius 2 is 1.21 bits per heavy atom. The first-order chi connectivity index (χ1) is 18.5. The SMILES string of the molecule is CN1CN(c2cccc([Si](C)(C)c3ccc4c5ccccc5n(-c5ccccc5)c4c3)c2)c2ccccc21. The van der Waals surface area contributed by atoms with Crippen LogP contribution in [-0.4, -0.2) is 26.4 Å². The number of nitrogens with zero attached hydrogens (tertiary/aromatic N) is 3. The van der Waals surface area contributed by atoms with Gasteiger partial charge < -0.3 is 14.4 Å². The van der Waals surface area contributed by atoms with Crippen LogP contribution in [0.2, 0.25) is 13.1 Å². The Morgan fingerprint density at radius 3 is 2.05 bits per heavy atom. The number of benzene rings is 5. The molecule has 38 heavy (non-hydrogen) atoms. The molecule has 4 heteroatoms. The molecule has 0 saturated carbocycles. The zero-order chi connectivity index (χ0) is 25.9. The van der Waals surface area contributed by atoms with Crippen molar-refractivity contribution in [3.05, 3.63) is 121 Å². The Balaban J connectivity index is 1.36. The maximum Gasteiger partial charge on any atom is 0.112 e. The van der Waals surface area contributed by atoms with Gasteiger partial charge in [0.1, 0.15) is 8.07 Å². The van der Waals surface area contributed by atoms with Gasteiger partial charge in [0.25, 0.3) is 0 Å². The number of fused-ring (bicyclic) bond motifs is 4. The lowest BCUT2D eigenvalue weighted by molar-refractivity contribution is 0.950. The van der Waals surface area contributed by atoms with Crippen LogP contribution in [0.15, 0.2) is 121 Å². The van der Waals surface area contributed by atoms with E-state index in [1.54, 1.807) is 0 Å². The number of hydrogen-bond donors (Lipinski definition) is 0. The largest absolute Gasteiger partial charge is 0.355 e. The molecular formula is C34H31N3Si. The van der Waals surface area contributed by atoms with E-state index < -0.39 is 8.07 Å². The third kappa shape index (κ3) is 3.48. The summed E-state index contributed by atoms with van der Waals surface area (Å²) in [5, 5.41) is 5.50. The van der Waals surface area contributed by atoms with Crippen LogP contribution in [0.3, 0.4) is 0 Å². The molecule has 1 aliphatic heterocycles. The number of para-hydroxylation sites is 4. The summed E-state index contributed by atoms with van der Waals surface area (Å²) in [5.74, 6) is 0. The summed E-state index contributed by atoms with van der Waals surface area (Å²) in [5.41, 5.74) is 7.56. The van der Waals surface area contributed by atoms with E-state index in [0.29, 0.717) is 0 Å². The summed E-state index contributed by atoms with van der Waals surface area (Å²) in [4.78, 5) is 4.75. The van der Waals surface area contributed by atoms with Gasteiger partial charge >= 0.3 is 0 Å². The normalized spacial score (nSPS) is 13.4. The highest BCUT2D eigenvalue weighted by atomic mass is 28.3. The smallest absolute Gasteiger partial charge is 0.112 e. The van der Waals surface area contributed by atoms with Gasteiger partial charge in [-0.1, -0.05) is 96.3 Å². The fraction of sp³-hybridized carbons (Fsp3) is 0.118. The van der Waals surface area contributed by atoms with Crippen molar-refractivity contribution >= 4 is 57.3 Å². The fourth-order valence-corrected chi connectivity index (χ4v) is 8.40. The van der Waals surface area contributed by atoms with Gasteiger partial charge in [-0.05, 0) is 48.5 Å². The van der Waals surface area contributed by atoms with Crippen LogP contribution in [-0.2, 0) is 0 Å². The maximum absolute atomic E-state index is 2.48. The third-order valence-corrected chi connectivity index (χ3v) is 11.7. The summed E-state index contributed by atoms with van der Waals surface area (Å²) >= 11 is 0. The highest BCUT2D eigenvalue weighted by molar-refractivity contribution is 7.00. The molecular weight excluding hydrogens is 478 g/mol. The second kappa shape index (κ2) is 8.64. The van der Waals surface area contributed by atoms with Gasteiger partial charge in [0.15, 0.2) is 0 Å². The van der Waals surface area contributed by atoms with Crippen molar-refractivity contribution in [2.45, 2.75) is 13.1 Å². The van der Waals surface area contributed by atoms with Crippen LogP contribution in [0.5, 0.6) is 0 Å². The molecule has 1 aromatic heterocycles. The second-order valence-corrected chi connectivity index (χ2v) is 15.3. The molecule has 0 aliphatic carbocycles. The van der Waals surface area contributed by atoms with Crippen molar-refractivity contribution in [3.8, 4) is 5.69 Å². The molecule has 7 rings (SSSR count). The van der Waals surface area contributed by atoms with E-state index in [-0.39, 0.29) is 0 Å². The Kier molecular flexibility index (Phi) is 5.20. The predicted molar refractivity (Wildman–Crippen MR) is 166 cm³/mol. The van der Waals surface area contributed by atoms with E-state index in [2.05, 4.69) is 156 Å². The molecule has 0 saturated heterocycles. The Morgan fingerprint density at radius 1 is 0.553 bits per heavy atom. The summed E-state index contributed by atoms with van der Waals surface area (Å²) in [6.45, 7) is 5.83. The van der Waals surface area contributed by atoms with Gasteiger partial charge in [0, 0.05) is 29.2 Å². The summed E-state index contributed by atoms with van der Waals surface area (Å²) in [6, 6.07) is 44.6. The van der Waals surface area contributed by atoms with Gasteiger partial charge in [-0.2, -0.15) is 0 Å². The van der Waals surface area contributed by atoms with E-state index in [0.717, 1.165) is 6.67 Å². The van der Waals surface area contributed by atoms with E-state index in [1.165, 1.54) is 54.9 Å². The van der Waals surface area contributed by atoms with Gasteiger partial charge in [0.05, 0.1) is 29.1 Å². The number of aromatic nitrogens is 1. The molecule has 0 fully saturated rings. The molecule has 3 nitrogen and oxygen atoms in total. The number of rotatable bonds is 4. The molecule has 1 aliphatic rings. The van der Waals surface area contributed by atoms with Crippen molar-refractivity contribution in [3.63, 3.8) is 0 Å². The second-order valence-electron chi connectivity index (χ2n) is 10.9. The van der Waals surface area contributed by atoms with E-state index in [9.17, 15) is 0 Å². The van der Waals surface area contributed by atoms with E-state index in [4.69, 9.17) is 0 Å². The van der Waals surface area contributed by atoms with Gasteiger partial charge in [0.2, 0.25) is 0 Å². The van der Waals surface area contributed by atoms with Crippen LogP contribution >= 0.6 is 0 Å². The average molecular weight is 510 g/mol. The minimum atomic E-state index is -1.99. The maximum atomic E-state index is 2.48. The Hall–Kier alpha value is -4.28. The first-order valence-corrected chi connectivity index (χ1v) is 16.3. The standard InChI is InChI=1S/C34H31N3Si/c1-35-24-36(33-19-10-9-18-32(33)35)26-14-11-15-27(22-26)38(2,3)28-20-21-30-29-16-7-8-17-31(29)37(34(30)23-28)25-12-5-4-6-13-25/h4-23H,24H2,1-3H3. The molecule has 0 bridgehead atoms. The van der Waals surface area contributed by atoms with Crippen molar-refractivity contribution < 1.29 is 0 Å². The van der Waals surface area contributed by atoms with Crippen LogP contribution in [0.4, 0.5) is 17.1 Å². The van der Waals surface area contributed by atoms with Crippen LogP contribution < -0.4 is 20.2 Å². The molecule has 5 aromatic carbocycles. The predicted octanol–water partition coefficient (Wildman–Crippen LogP) is 7.15. The zero-order valence-electron chi connectivity index (χ0n) is 22.1. The highest BCUT2D eigenvalue weighted by Gasteiger charge is 2.29. The van der Waals surface area contributed by atoms with E-state index in [1.807, 2.05) is 0 Å². The molecule has 6 aromatic rings. The van der Waals surface area contributed by atoms with Crippen LogP contribution in [0, 0.1) is 0 Å². The first kappa shape index (κ1) is 22.9. The number of anilines is 3. The van der Waals surface area contributed by atoms with Crippen molar-refractivity contribution in [2.75, 3.05) is 23.5 Å². The third-order valence-electron chi connectivity index (χ3n) is 8.23. The molecule has 0 N–H and O–H groups in total. The zero-order valence-corrected chi connectivity index (χ0v) is 23.1. The Bertz CT molecular complexity index is 1800. The average Bonchev–Trinajstić information content (AvgIpc) is 3.48. The number of hydrogen-bond acceptors (Lipinski definition) is 2. The van der Waals surface area contributed by atoms with Crippen molar-refractivity contribution in [1.82, 2.24) is 4.57 Å². The summed E-state index contributed by atoms with van der Waals surface area (Å²) < 4.78 is 2.42. The molecule has 186 valence electrons. The first-order valence-electron chi connectivity index (χ1n) is 13.3. The fourth-order valence-electron chi connectivity index (χ4n) is 6.04. The topological polar surface area (TPSA) is 11.4 Å². The minimum absolute atomic E-state index is 0.869. The van der Waals surface area contributed by atoms with Crippen molar-refractivity contribution in [2.24, 2.45) is 0 Å². The van der Waals surface area contributed by atoms with Crippen molar-refractivity contribution in [1.29, 1.82) is 0 Å². The van der Waals surface area contributed by atoms with Gasteiger partial charge in [-0.3, -0.25) is 0 Å². The lowest BCUT2D eigenvalue weighted by atomic mass is 10.1. The van der Waals surface area contributed by atoms with Gasteiger partial charge in [-0.25, -0.2) is 0 Å². The van der Waals surface area contributed by atoms with Crippen LogP contribution in [0.1, 0.15) is 0 Å². The highest BCUT2D eigenvalue weighted by Crippen LogP contribution is 2.39. The summed E-state index contributed by atoms with van der Waals surface area (Å²) in [6.07, 6.45) is 0. The lowest BCUT2D eigenvalue weighted by Gasteiger charge is -2.27. The summed E-state index contributed by atoms with van der Waals surface area (Å²) in [7, 11) is 0.179. The molecule has 0 radical (unpaired) electrons. The van der Waals surface area contributed by atoms with Crippen LogP contribution in [0.25, 0.3) is 27.5 Å². The monoisotopic (exact) mass is 509 g/mol. The lowest BCUT2D eigenvalue weighted by Crippen LogP contribution is -2.53. The molecule has 0 spiro atoms. The molecule has 0 atom stereocenters. The van der Waals surface area contributed by atoms with Gasteiger partial charge in [-0.15, -0.1) is 0 Å². The minimum Gasteiger partial charge on any atom is -0.355 e. The van der Waals surface area contributed by atoms with E-state index >= 15 is 0 Å². The molecule has 2 heterocycles. The quantitative estimate of drug-likeness (QED) is 0.234. The molecule has 0 unspecified atom stereocenters. The Labute approximate surface area is 225 Å². The molecule has 0 amide bonds.